The van der Waals surface area contributed by atoms with Crippen molar-refractivity contribution < 1.29 is 13.6 Å². The highest BCUT2D eigenvalue weighted by molar-refractivity contribution is 5.94. The second kappa shape index (κ2) is 7.79. The summed E-state index contributed by atoms with van der Waals surface area (Å²) < 4.78 is 26.9. The zero-order valence-electron chi connectivity index (χ0n) is 11.8. The number of unbranched alkanes of at least 4 members (excludes halogenated alkanes) is 1. The highest BCUT2D eigenvalue weighted by Gasteiger charge is 2.14. The molecule has 0 saturated carbocycles. The van der Waals surface area contributed by atoms with Crippen LogP contribution in [0.3, 0.4) is 0 Å². The van der Waals surface area contributed by atoms with Crippen LogP contribution < -0.4 is 16.6 Å². The molecule has 0 fully saturated rings. The van der Waals surface area contributed by atoms with Crippen LogP contribution in [0, 0.1) is 17.6 Å². The van der Waals surface area contributed by atoms with Crippen molar-refractivity contribution in [2.45, 2.75) is 33.1 Å². The predicted molar refractivity (Wildman–Crippen MR) is 75.2 cm³/mol. The van der Waals surface area contributed by atoms with Gasteiger partial charge in [0.2, 0.25) is 0 Å². The third-order valence-corrected chi connectivity index (χ3v) is 2.94. The predicted octanol–water partition coefficient (Wildman–Crippen LogP) is 2.81. The molecule has 1 rings (SSSR count). The zero-order chi connectivity index (χ0) is 15.1. The maximum absolute atomic E-state index is 13.4. The highest BCUT2D eigenvalue weighted by atomic mass is 19.1. The van der Waals surface area contributed by atoms with Gasteiger partial charge in [-0.05, 0) is 24.5 Å². The highest BCUT2D eigenvalue weighted by Crippen LogP contribution is 2.19. The molecule has 0 aliphatic rings. The van der Waals surface area contributed by atoms with E-state index < -0.39 is 23.2 Å². The molecule has 0 radical (unpaired) electrons. The molecular formula is C14H21F2N3O. The molecule has 4 N–H and O–H groups in total. The Labute approximate surface area is 117 Å². The van der Waals surface area contributed by atoms with E-state index in [9.17, 15) is 13.6 Å². The van der Waals surface area contributed by atoms with Gasteiger partial charge in [-0.15, -0.1) is 0 Å². The van der Waals surface area contributed by atoms with E-state index in [-0.39, 0.29) is 5.56 Å². The average molecular weight is 285 g/mol. The molecule has 1 aromatic carbocycles. The number of carbonyl (C=O) groups excluding carboxylic acids is 1. The number of amides is 1. The zero-order valence-corrected chi connectivity index (χ0v) is 11.8. The average Bonchev–Trinajstić information content (AvgIpc) is 2.37. The van der Waals surface area contributed by atoms with Gasteiger partial charge < -0.3 is 10.7 Å². The van der Waals surface area contributed by atoms with E-state index >= 15 is 0 Å². The lowest BCUT2D eigenvalue weighted by Gasteiger charge is -2.09. The summed E-state index contributed by atoms with van der Waals surface area (Å²) >= 11 is 0. The molecular weight excluding hydrogens is 264 g/mol. The first-order valence-electron chi connectivity index (χ1n) is 6.69. The minimum Gasteiger partial charge on any atom is -0.352 e. The van der Waals surface area contributed by atoms with Crippen LogP contribution in [0.15, 0.2) is 12.1 Å². The van der Waals surface area contributed by atoms with E-state index in [1.807, 2.05) is 5.43 Å². The summed E-state index contributed by atoms with van der Waals surface area (Å²) in [5, 5.41) is 2.64. The largest absolute Gasteiger partial charge is 0.352 e. The molecule has 0 atom stereocenters. The Bertz CT molecular complexity index is 441. The Morgan fingerprint density at radius 2 is 1.85 bits per heavy atom. The number of halogens is 2. The fraction of sp³-hybridized carbons (Fsp3) is 0.500. The molecule has 112 valence electrons. The van der Waals surface area contributed by atoms with Crippen molar-refractivity contribution in [3.63, 3.8) is 0 Å². The van der Waals surface area contributed by atoms with Crippen LogP contribution >= 0.6 is 0 Å². The van der Waals surface area contributed by atoms with Crippen molar-refractivity contribution >= 4 is 11.6 Å². The van der Waals surface area contributed by atoms with Gasteiger partial charge in [0.1, 0.15) is 5.69 Å². The SMILES string of the molecule is CC(C)CCCCNC(=O)c1cc(F)c(NN)c(F)c1. The van der Waals surface area contributed by atoms with Gasteiger partial charge in [0, 0.05) is 12.1 Å². The molecule has 0 aromatic heterocycles. The van der Waals surface area contributed by atoms with Crippen LogP contribution in [0.25, 0.3) is 0 Å². The summed E-state index contributed by atoms with van der Waals surface area (Å²) in [6.07, 6.45) is 2.95. The molecule has 6 heteroatoms. The lowest BCUT2D eigenvalue weighted by atomic mass is 10.1. The summed E-state index contributed by atoms with van der Waals surface area (Å²) in [6, 6.07) is 1.92. The van der Waals surface area contributed by atoms with Crippen LogP contribution in [-0.4, -0.2) is 12.5 Å². The molecule has 1 amide bonds. The van der Waals surface area contributed by atoms with Crippen LogP contribution in [-0.2, 0) is 0 Å². The van der Waals surface area contributed by atoms with Crippen LogP contribution in [0.5, 0.6) is 0 Å². The van der Waals surface area contributed by atoms with Gasteiger partial charge >= 0.3 is 0 Å². The number of hydrogen-bond donors (Lipinski definition) is 3. The molecule has 4 nitrogen and oxygen atoms in total. The third-order valence-electron chi connectivity index (χ3n) is 2.94. The smallest absolute Gasteiger partial charge is 0.251 e. The molecule has 0 spiro atoms. The van der Waals surface area contributed by atoms with Crippen LogP contribution in [0.1, 0.15) is 43.5 Å². The molecule has 0 saturated heterocycles. The standard InChI is InChI=1S/C14H21F2N3O/c1-9(2)5-3-4-6-18-14(20)10-7-11(15)13(19-17)12(16)8-10/h7-9,19H,3-6,17H2,1-2H3,(H,18,20). The van der Waals surface area contributed by atoms with Crippen molar-refractivity contribution in [2.24, 2.45) is 11.8 Å². The van der Waals surface area contributed by atoms with E-state index in [4.69, 9.17) is 5.84 Å². The summed E-state index contributed by atoms with van der Waals surface area (Å²) in [4.78, 5) is 11.7. The maximum Gasteiger partial charge on any atom is 0.251 e. The summed E-state index contributed by atoms with van der Waals surface area (Å²) in [5.41, 5.74) is 1.42. The Kier molecular flexibility index (Phi) is 6.38. The molecule has 0 unspecified atom stereocenters. The summed E-state index contributed by atoms with van der Waals surface area (Å²) in [5.74, 6) is 3.34. The third kappa shape index (κ3) is 4.77. The van der Waals surface area contributed by atoms with Gasteiger partial charge in [0.15, 0.2) is 11.6 Å². The normalized spacial score (nSPS) is 10.7. The number of rotatable bonds is 7. The molecule has 0 bridgehead atoms. The Morgan fingerprint density at radius 3 is 2.35 bits per heavy atom. The van der Waals surface area contributed by atoms with Gasteiger partial charge in [-0.3, -0.25) is 10.6 Å². The van der Waals surface area contributed by atoms with Gasteiger partial charge in [-0.2, -0.15) is 0 Å². The second-order valence-corrected chi connectivity index (χ2v) is 5.10. The fourth-order valence-electron chi connectivity index (χ4n) is 1.82. The van der Waals surface area contributed by atoms with Crippen LogP contribution in [0.4, 0.5) is 14.5 Å². The van der Waals surface area contributed by atoms with E-state index in [0.29, 0.717) is 12.5 Å². The molecule has 0 heterocycles. The van der Waals surface area contributed by atoms with E-state index in [1.54, 1.807) is 0 Å². The van der Waals surface area contributed by atoms with E-state index in [1.165, 1.54) is 0 Å². The van der Waals surface area contributed by atoms with Crippen molar-refractivity contribution in [2.75, 3.05) is 12.0 Å². The molecule has 0 aliphatic heterocycles. The molecule has 1 aromatic rings. The number of hydrazine groups is 1. The quantitative estimate of drug-likeness (QED) is 0.410. The van der Waals surface area contributed by atoms with Crippen LogP contribution in [0.2, 0.25) is 0 Å². The number of anilines is 1. The first-order chi connectivity index (χ1) is 9.45. The maximum atomic E-state index is 13.4. The van der Waals surface area contributed by atoms with Gasteiger partial charge in [0.05, 0.1) is 0 Å². The number of hydrogen-bond acceptors (Lipinski definition) is 3. The monoisotopic (exact) mass is 285 g/mol. The topological polar surface area (TPSA) is 67.2 Å². The minimum absolute atomic E-state index is 0.0529. The molecule has 20 heavy (non-hydrogen) atoms. The number of nitrogens with two attached hydrogens (primary N) is 1. The van der Waals surface area contributed by atoms with Gasteiger partial charge in [-0.1, -0.05) is 26.7 Å². The van der Waals surface area contributed by atoms with Gasteiger partial charge in [-0.25, -0.2) is 8.78 Å². The Balaban J connectivity index is 2.52. The Morgan fingerprint density at radius 1 is 1.25 bits per heavy atom. The van der Waals surface area contributed by atoms with Crippen molar-refractivity contribution in [1.29, 1.82) is 0 Å². The second-order valence-electron chi connectivity index (χ2n) is 5.10. The molecule has 0 aliphatic carbocycles. The van der Waals surface area contributed by atoms with E-state index in [2.05, 4.69) is 19.2 Å². The summed E-state index contributed by atoms with van der Waals surface area (Å²) in [6.45, 7) is 4.76. The number of carbonyl (C=O) groups is 1. The van der Waals surface area contributed by atoms with E-state index in [0.717, 1.165) is 31.4 Å². The fourth-order valence-corrected chi connectivity index (χ4v) is 1.82. The number of benzene rings is 1. The first-order valence-corrected chi connectivity index (χ1v) is 6.69. The Hall–Kier alpha value is -1.69. The first kappa shape index (κ1) is 16.4. The lowest BCUT2D eigenvalue weighted by Crippen LogP contribution is -2.25. The van der Waals surface area contributed by atoms with Crippen molar-refractivity contribution in [3.05, 3.63) is 29.3 Å². The van der Waals surface area contributed by atoms with Crippen molar-refractivity contribution in [3.8, 4) is 0 Å². The minimum atomic E-state index is -0.891. The lowest BCUT2D eigenvalue weighted by molar-refractivity contribution is 0.0952. The van der Waals surface area contributed by atoms with Crippen molar-refractivity contribution in [1.82, 2.24) is 5.32 Å². The number of nitrogens with one attached hydrogen (secondary N) is 2. The number of nitrogen functional groups attached to an aromatic ring is 1. The summed E-state index contributed by atoms with van der Waals surface area (Å²) in [7, 11) is 0. The van der Waals surface area contributed by atoms with Gasteiger partial charge in [0.25, 0.3) is 5.91 Å².